The molecule has 1 aliphatic rings. The first-order chi connectivity index (χ1) is 14.4. The summed E-state index contributed by atoms with van der Waals surface area (Å²) in [5.41, 5.74) is 2.40. The molecule has 1 aliphatic heterocycles. The van der Waals surface area contributed by atoms with Crippen LogP contribution in [0.5, 0.6) is 5.75 Å². The Kier molecular flexibility index (Phi) is 5.49. The lowest BCUT2D eigenvalue weighted by atomic mass is 9.96. The maximum Gasteiger partial charge on any atom is 0.296 e. The minimum Gasteiger partial charge on any atom is -0.507 e. The number of hydrogen-bond donors (Lipinski definition) is 1. The first-order valence-electron chi connectivity index (χ1n) is 9.42. The zero-order valence-electron chi connectivity index (χ0n) is 16.8. The number of Topliss-reactive ketones (excluding diaryl/α,β-unsaturated/α-hetero) is 1. The fraction of sp³-hybridized carbons (Fsp3) is 0.217. The summed E-state index contributed by atoms with van der Waals surface area (Å²) in [5, 5.41) is 15.1. The van der Waals surface area contributed by atoms with Crippen LogP contribution in [-0.2, 0) is 16.1 Å². The van der Waals surface area contributed by atoms with Crippen LogP contribution in [0.15, 0.2) is 52.7 Å². The molecule has 1 amide bonds. The average molecular weight is 440 g/mol. The van der Waals surface area contributed by atoms with Crippen LogP contribution < -0.4 is 4.74 Å². The molecule has 1 aromatic carbocycles. The number of methoxy groups -OCH3 is 1. The molecule has 1 unspecified atom stereocenters. The Morgan fingerprint density at radius 2 is 1.90 bits per heavy atom. The highest BCUT2D eigenvalue weighted by atomic mass is 32.1. The maximum atomic E-state index is 13.1. The van der Waals surface area contributed by atoms with E-state index >= 15 is 0 Å². The Labute approximate surface area is 182 Å². The molecule has 3 heterocycles. The third-order valence-corrected chi connectivity index (χ3v) is 7.22. The smallest absolute Gasteiger partial charge is 0.296 e. The number of carbonyl (C=O) groups is 2. The highest BCUT2D eigenvalue weighted by Crippen LogP contribution is 2.44. The number of aliphatic hydroxyl groups excluding tert-OH is 1. The molecule has 0 radical (unpaired) electrons. The first-order valence-corrected chi connectivity index (χ1v) is 11.2. The Morgan fingerprint density at radius 3 is 2.50 bits per heavy atom. The van der Waals surface area contributed by atoms with Gasteiger partial charge in [0, 0.05) is 15.3 Å². The predicted octanol–water partition coefficient (Wildman–Crippen LogP) is 5.06. The van der Waals surface area contributed by atoms with E-state index in [9.17, 15) is 14.7 Å². The van der Waals surface area contributed by atoms with Crippen molar-refractivity contribution in [3.8, 4) is 5.75 Å². The zero-order valence-corrected chi connectivity index (χ0v) is 18.5. The van der Waals surface area contributed by atoms with E-state index in [0.717, 1.165) is 20.9 Å². The van der Waals surface area contributed by atoms with Crippen molar-refractivity contribution in [3.05, 3.63) is 79.2 Å². The molecule has 7 heteroatoms. The number of rotatable bonds is 5. The topological polar surface area (TPSA) is 66.8 Å². The molecule has 4 rings (SSSR count). The van der Waals surface area contributed by atoms with E-state index < -0.39 is 17.7 Å². The molecule has 154 valence electrons. The minimum atomic E-state index is -0.655. The van der Waals surface area contributed by atoms with E-state index in [1.165, 1.54) is 22.7 Å². The van der Waals surface area contributed by atoms with Gasteiger partial charge in [-0.25, -0.2) is 0 Å². The van der Waals surface area contributed by atoms with Gasteiger partial charge in [0.15, 0.2) is 0 Å². The van der Waals surface area contributed by atoms with Crippen LogP contribution >= 0.6 is 22.7 Å². The van der Waals surface area contributed by atoms with E-state index in [-0.39, 0.29) is 11.3 Å². The molecule has 3 aromatic rings. The molecule has 1 fully saturated rings. The molecular weight excluding hydrogens is 418 g/mol. The average Bonchev–Trinajstić information content (AvgIpc) is 3.45. The Hall–Kier alpha value is -2.90. The van der Waals surface area contributed by atoms with Crippen LogP contribution in [0.2, 0.25) is 0 Å². The van der Waals surface area contributed by atoms with E-state index in [0.29, 0.717) is 17.9 Å². The van der Waals surface area contributed by atoms with E-state index in [4.69, 9.17) is 4.74 Å². The standard InChI is InChI=1S/C23H21NO4S2/c1-13-8-10-30-22(13)19-18(20(25)17-7-6-15(28-3)11-14(17)2)21(26)23(27)24(19)12-16-5-4-9-29-16/h4-11,19,25H,12H2,1-3H3/b20-18+. The monoisotopic (exact) mass is 439 g/mol. The van der Waals surface area contributed by atoms with Crippen LogP contribution in [0.3, 0.4) is 0 Å². The second-order valence-electron chi connectivity index (χ2n) is 7.16. The molecule has 0 saturated carbocycles. The van der Waals surface area contributed by atoms with Crippen molar-refractivity contribution in [2.45, 2.75) is 26.4 Å². The largest absolute Gasteiger partial charge is 0.507 e. The molecule has 2 aromatic heterocycles. The number of ketones is 1. The van der Waals surface area contributed by atoms with Crippen LogP contribution in [0.4, 0.5) is 0 Å². The lowest BCUT2D eigenvalue weighted by Gasteiger charge is -2.24. The van der Waals surface area contributed by atoms with Crippen LogP contribution in [0, 0.1) is 13.8 Å². The van der Waals surface area contributed by atoms with Gasteiger partial charge in [-0.2, -0.15) is 0 Å². The molecule has 0 bridgehead atoms. The third-order valence-electron chi connectivity index (χ3n) is 5.28. The van der Waals surface area contributed by atoms with Gasteiger partial charge in [-0.1, -0.05) is 6.07 Å². The second-order valence-corrected chi connectivity index (χ2v) is 9.14. The highest BCUT2D eigenvalue weighted by Gasteiger charge is 2.47. The maximum absolute atomic E-state index is 13.1. The summed E-state index contributed by atoms with van der Waals surface area (Å²) in [5.74, 6) is -0.737. The summed E-state index contributed by atoms with van der Waals surface area (Å²) in [4.78, 5) is 29.5. The minimum absolute atomic E-state index is 0.135. The molecule has 1 atom stereocenters. The van der Waals surface area contributed by atoms with Crippen molar-refractivity contribution >= 4 is 40.1 Å². The van der Waals surface area contributed by atoms with Gasteiger partial charge in [0.05, 0.1) is 19.2 Å². The quantitative estimate of drug-likeness (QED) is 0.343. The van der Waals surface area contributed by atoms with Gasteiger partial charge in [-0.05, 0) is 66.1 Å². The number of thiophene rings is 2. The number of aryl methyl sites for hydroxylation is 2. The molecule has 0 aliphatic carbocycles. The SMILES string of the molecule is COc1ccc(/C(O)=C2\C(=O)C(=O)N(Cc3cccs3)C2c2sccc2C)c(C)c1. The summed E-state index contributed by atoms with van der Waals surface area (Å²) < 4.78 is 5.24. The fourth-order valence-electron chi connectivity index (χ4n) is 3.72. The van der Waals surface area contributed by atoms with Crippen molar-refractivity contribution < 1.29 is 19.4 Å². The van der Waals surface area contributed by atoms with Crippen molar-refractivity contribution in [1.29, 1.82) is 0 Å². The number of benzene rings is 1. The van der Waals surface area contributed by atoms with Gasteiger partial charge in [0.1, 0.15) is 17.6 Å². The van der Waals surface area contributed by atoms with Crippen LogP contribution in [-0.4, -0.2) is 28.8 Å². The van der Waals surface area contributed by atoms with Gasteiger partial charge in [-0.3, -0.25) is 9.59 Å². The van der Waals surface area contributed by atoms with E-state index in [1.54, 1.807) is 30.2 Å². The molecular formula is C23H21NO4S2. The number of hydrogen-bond acceptors (Lipinski definition) is 6. The van der Waals surface area contributed by atoms with Gasteiger partial charge in [-0.15, -0.1) is 22.7 Å². The number of aliphatic hydroxyl groups is 1. The molecule has 1 saturated heterocycles. The van der Waals surface area contributed by atoms with Crippen molar-refractivity contribution in [2.75, 3.05) is 7.11 Å². The van der Waals surface area contributed by atoms with Crippen molar-refractivity contribution in [2.24, 2.45) is 0 Å². The molecule has 1 N–H and O–H groups in total. The lowest BCUT2D eigenvalue weighted by Crippen LogP contribution is -2.28. The van der Waals surface area contributed by atoms with Gasteiger partial charge >= 0.3 is 0 Å². The van der Waals surface area contributed by atoms with Crippen LogP contribution in [0.1, 0.15) is 32.5 Å². The Morgan fingerprint density at radius 1 is 1.10 bits per heavy atom. The van der Waals surface area contributed by atoms with Crippen LogP contribution in [0.25, 0.3) is 5.76 Å². The number of amides is 1. The lowest BCUT2D eigenvalue weighted by molar-refractivity contribution is -0.140. The van der Waals surface area contributed by atoms with Gasteiger partial charge < -0.3 is 14.7 Å². The van der Waals surface area contributed by atoms with Crippen molar-refractivity contribution in [3.63, 3.8) is 0 Å². The molecule has 0 spiro atoms. The summed E-state index contributed by atoms with van der Waals surface area (Å²) in [6.07, 6.45) is 0. The fourth-order valence-corrected chi connectivity index (χ4v) is 5.47. The van der Waals surface area contributed by atoms with Crippen molar-refractivity contribution in [1.82, 2.24) is 4.90 Å². The summed E-state index contributed by atoms with van der Waals surface area (Å²) in [7, 11) is 1.57. The predicted molar refractivity (Wildman–Crippen MR) is 119 cm³/mol. The zero-order chi connectivity index (χ0) is 21.4. The van der Waals surface area contributed by atoms with Gasteiger partial charge in [0.25, 0.3) is 11.7 Å². The third kappa shape index (κ3) is 3.44. The molecule has 30 heavy (non-hydrogen) atoms. The Balaban J connectivity index is 1.88. The Bertz CT molecular complexity index is 1140. The number of nitrogens with zero attached hydrogens (tertiary/aromatic N) is 1. The molecule has 5 nitrogen and oxygen atoms in total. The number of likely N-dealkylation sites (tertiary alicyclic amines) is 1. The normalized spacial score (nSPS) is 18.2. The highest BCUT2D eigenvalue weighted by molar-refractivity contribution is 7.10. The summed E-state index contributed by atoms with van der Waals surface area (Å²) >= 11 is 3.02. The van der Waals surface area contributed by atoms with E-state index in [1.807, 2.05) is 42.8 Å². The summed E-state index contributed by atoms with van der Waals surface area (Å²) in [6, 6.07) is 10.4. The summed E-state index contributed by atoms with van der Waals surface area (Å²) in [6.45, 7) is 4.11. The first kappa shape index (κ1) is 20.4. The number of carbonyl (C=O) groups excluding carboxylic acids is 2. The van der Waals surface area contributed by atoms with Gasteiger partial charge in [0.2, 0.25) is 0 Å². The van der Waals surface area contributed by atoms with E-state index in [2.05, 4.69) is 0 Å². The second kappa shape index (κ2) is 8.08. The number of ether oxygens (including phenoxy) is 1.